The summed E-state index contributed by atoms with van der Waals surface area (Å²) in [7, 11) is 0. The highest BCUT2D eigenvalue weighted by Crippen LogP contribution is 2.30. The van der Waals surface area contributed by atoms with Crippen molar-refractivity contribution in [3.8, 4) is 34.8 Å². The Morgan fingerprint density at radius 1 is 0.571 bits per heavy atom. The maximum absolute atomic E-state index is 12.2. The van der Waals surface area contributed by atoms with Gasteiger partial charge in [-0.2, -0.15) is 20.4 Å². The van der Waals surface area contributed by atoms with Crippen molar-refractivity contribution in [3.63, 3.8) is 0 Å². The first-order valence-electron chi connectivity index (χ1n) is 15.1. The number of alkyl halides is 2. The van der Waals surface area contributed by atoms with Gasteiger partial charge < -0.3 is 9.47 Å². The SMILES string of the molecule is CC(=O)c1ccc(OCc2ccn(-c3cccc(-n4ccc(CBr)n4)n3)n2)c(OCc2ccn(-c3cccc(-n4ccc(CBr)n4)n3)n2)c1. The lowest BCUT2D eigenvalue weighted by Gasteiger charge is -2.13. The molecule has 1 aromatic carbocycles. The molecular formula is C34H28Br2N10O3. The van der Waals surface area contributed by atoms with Crippen molar-refractivity contribution >= 4 is 37.6 Å². The molecule has 0 aliphatic carbocycles. The summed E-state index contributed by atoms with van der Waals surface area (Å²) < 4.78 is 19.1. The lowest BCUT2D eigenvalue weighted by molar-refractivity contribution is 0.101. The van der Waals surface area contributed by atoms with Crippen molar-refractivity contribution in [2.24, 2.45) is 0 Å². The summed E-state index contributed by atoms with van der Waals surface area (Å²) in [6.45, 7) is 1.82. The van der Waals surface area contributed by atoms with Gasteiger partial charge in [-0.1, -0.05) is 44.0 Å². The number of hydrogen-bond acceptors (Lipinski definition) is 9. The first-order chi connectivity index (χ1) is 23.9. The molecule has 6 aromatic heterocycles. The predicted octanol–water partition coefficient (Wildman–Crippen LogP) is 6.37. The Hall–Kier alpha value is -5.41. The summed E-state index contributed by atoms with van der Waals surface area (Å²) >= 11 is 6.85. The molecule has 6 heterocycles. The first-order valence-corrected chi connectivity index (χ1v) is 17.4. The Labute approximate surface area is 297 Å². The van der Waals surface area contributed by atoms with Crippen LogP contribution in [0.25, 0.3) is 23.3 Å². The largest absolute Gasteiger partial charge is 0.483 e. The van der Waals surface area contributed by atoms with Crippen LogP contribution in [0, 0.1) is 0 Å². The number of pyridine rings is 2. The zero-order valence-electron chi connectivity index (χ0n) is 26.1. The van der Waals surface area contributed by atoms with Gasteiger partial charge >= 0.3 is 0 Å². The minimum absolute atomic E-state index is 0.0842. The average molecular weight is 784 g/mol. The number of rotatable bonds is 13. The summed E-state index contributed by atoms with van der Waals surface area (Å²) in [5.41, 5.74) is 3.67. The number of Topliss-reactive ketones (excluding diaryl/α,β-unsaturated/α-hetero) is 1. The van der Waals surface area contributed by atoms with Gasteiger partial charge in [-0.05, 0) is 73.7 Å². The maximum atomic E-state index is 12.2. The molecule has 0 atom stereocenters. The molecule has 0 aliphatic heterocycles. The smallest absolute Gasteiger partial charge is 0.162 e. The van der Waals surface area contributed by atoms with E-state index in [-0.39, 0.29) is 19.0 Å². The zero-order valence-corrected chi connectivity index (χ0v) is 29.3. The zero-order chi connectivity index (χ0) is 33.7. The molecule has 7 rings (SSSR count). The summed E-state index contributed by atoms with van der Waals surface area (Å²) in [6, 6.07) is 24.0. The van der Waals surface area contributed by atoms with Gasteiger partial charge in [0.05, 0.1) is 11.4 Å². The molecule has 0 saturated carbocycles. The molecule has 246 valence electrons. The van der Waals surface area contributed by atoms with Gasteiger partial charge in [0.15, 0.2) is 40.6 Å². The molecule has 0 fully saturated rings. The second-order valence-corrected chi connectivity index (χ2v) is 11.9. The Balaban J connectivity index is 1.03. The summed E-state index contributed by atoms with van der Waals surface area (Å²) in [5.74, 6) is 3.43. The van der Waals surface area contributed by atoms with Crippen LogP contribution in [0.15, 0.2) is 104 Å². The number of ketones is 1. The highest BCUT2D eigenvalue weighted by Gasteiger charge is 2.14. The highest BCUT2D eigenvalue weighted by atomic mass is 79.9. The van der Waals surface area contributed by atoms with Crippen molar-refractivity contribution in [1.82, 2.24) is 49.1 Å². The van der Waals surface area contributed by atoms with Crippen LogP contribution in [-0.2, 0) is 23.9 Å². The highest BCUT2D eigenvalue weighted by molar-refractivity contribution is 9.08. The van der Waals surface area contributed by atoms with Crippen LogP contribution < -0.4 is 9.47 Å². The number of ether oxygens (including phenoxy) is 2. The first kappa shape index (κ1) is 32.2. The van der Waals surface area contributed by atoms with Crippen LogP contribution >= 0.6 is 31.9 Å². The molecule has 13 nitrogen and oxygen atoms in total. The molecule has 0 amide bonds. The minimum atomic E-state index is -0.0842. The molecule has 0 radical (unpaired) electrons. The number of hydrogen-bond donors (Lipinski definition) is 0. The molecule has 49 heavy (non-hydrogen) atoms. The van der Waals surface area contributed by atoms with Gasteiger partial charge in [0.1, 0.15) is 24.6 Å². The van der Waals surface area contributed by atoms with Gasteiger partial charge in [-0.3, -0.25) is 4.79 Å². The third-order valence-corrected chi connectivity index (χ3v) is 8.48. The van der Waals surface area contributed by atoms with E-state index in [0.717, 1.165) is 11.4 Å². The number of nitrogens with zero attached hydrogens (tertiary/aromatic N) is 10. The van der Waals surface area contributed by atoms with Crippen molar-refractivity contribution in [1.29, 1.82) is 0 Å². The second-order valence-electron chi connectivity index (χ2n) is 10.8. The van der Waals surface area contributed by atoms with Crippen LogP contribution in [0.5, 0.6) is 11.5 Å². The molecule has 0 saturated heterocycles. The van der Waals surface area contributed by atoms with E-state index in [2.05, 4.69) is 52.3 Å². The number of halogens is 2. The second kappa shape index (κ2) is 14.4. The van der Waals surface area contributed by atoms with Crippen molar-refractivity contribution in [2.45, 2.75) is 30.8 Å². The van der Waals surface area contributed by atoms with Crippen molar-refractivity contribution in [2.75, 3.05) is 0 Å². The topological polar surface area (TPSA) is 133 Å². The molecule has 0 unspecified atom stereocenters. The third-order valence-electron chi connectivity index (χ3n) is 7.33. The van der Waals surface area contributed by atoms with E-state index < -0.39 is 0 Å². The normalized spacial score (nSPS) is 11.2. The standard InChI is InChI=1S/C34H28Br2N10O3/c1-23(47)24-8-9-29(48-21-27-12-16-45(41-27)33-6-2-4-31(37-33)43-14-10-25(19-35)39-43)30(18-24)49-22-28-13-17-46(42-28)34-7-3-5-32(38-34)44-15-11-26(20-36)40-44/h2-18H,19-22H2,1H3. The number of carbonyl (C=O) groups is 1. The van der Waals surface area contributed by atoms with E-state index in [1.165, 1.54) is 6.92 Å². The monoisotopic (exact) mass is 782 g/mol. The fraction of sp³-hybridized carbons (Fsp3) is 0.147. The van der Waals surface area contributed by atoms with Gasteiger partial charge in [-0.25, -0.2) is 28.7 Å². The number of carbonyl (C=O) groups excluding carboxylic acids is 1. The third kappa shape index (κ3) is 7.37. The number of benzene rings is 1. The lowest BCUT2D eigenvalue weighted by atomic mass is 10.1. The van der Waals surface area contributed by atoms with Gasteiger partial charge in [0.2, 0.25) is 0 Å². The molecule has 15 heteroatoms. The Morgan fingerprint density at radius 3 is 1.39 bits per heavy atom. The van der Waals surface area contributed by atoms with Gasteiger partial charge in [-0.15, -0.1) is 0 Å². The Kier molecular flexibility index (Phi) is 9.43. The van der Waals surface area contributed by atoms with E-state index >= 15 is 0 Å². The predicted molar refractivity (Wildman–Crippen MR) is 187 cm³/mol. The molecule has 7 aromatic rings. The quantitative estimate of drug-likeness (QED) is 0.0967. The Bertz CT molecular complexity index is 2240. The number of aromatic nitrogens is 10. The Morgan fingerprint density at radius 2 is 0.980 bits per heavy atom. The van der Waals surface area contributed by atoms with Crippen LogP contribution in [0.2, 0.25) is 0 Å². The molecule has 0 aliphatic rings. The average Bonchev–Trinajstić information content (AvgIpc) is 3.97. The van der Waals surface area contributed by atoms with E-state index in [1.54, 1.807) is 36.9 Å². The van der Waals surface area contributed by atoms with Crippen molar-refractivity contribution in [3.05, 3.63) is 132 Å². The summed E-state index contributed by atoms with van der Waals surface area (Å²) in [4.78, 5) is 21.6. The van der Waals surface area contributed by atoms with E-state index in [0.29, 0.717) is 62.4 Å². The molecular weight excluding hydrogens is 756 g/mol. The van der Waals surface area contributed by atoms with Crippen LogP contribution in [0.1, 0.15) is 40.1 Å². The lowest BCUT2D eigenvalue weighted by Crippen LogP contribution is -2.06. The van der Waals surface area contributed by atoms with Crippen LogP contribution in [0.4, 0.5) is 0 Å². The van der Waals surface area contributed by atoms with Gasteiger partial charge in [0.25, 0.3) is 0 Å². The fourth-order valence-corrected chi connectivity index (χ4v) is 5.45. The van der Waals surface area contributed by atoms with Crippen molar-refractivity contribution < 1.29 is 14.3 Å². The fourth-order valence-electron chi connectivity index (χ4n) is 4.85. The molecule has 0 N–H and O–H groups in total. The van der Waals surface area contributed by atoms with E-state index in [9.17, 15) is 4.79 Å². The van der Waals surface area contributed by atoms with Crippen LogP contribution in [-0.4, -0.2) is 54.9 Å². The molecule has 0 spiro atoms. The minimum Gasteiger partial charge on any atom is -0.483 e. The van der Waals surface area contributed by atoms with Crippen LogP contribution in [0.3, 0.4) is 0 Å². The molecule has 0 bridgehead atoms. The maximum Gasteiger partial charge on any atom is 0.162 e. The van der Waals surface area contributed by atoms with E-state index in [4.69, 9.17) is 19.4 Å². The van der Waals surface area contributed by atoms with Gasteiger partial charge in [0, 0.05) is 41.0 Å². The van der Waals surface area contributed by atoms with E-state index in [1.807, 2.05) is 85.5 Å². The summed E-state index contributed by atoms with van der Waals surface area (Å²) in [5, 5.41) is 19.6. The summed E-state index contributed by atoms with van der Waals surface area (Å²) in [6.07, 6.45) is 7.38.